The van der Waals surface area contributed by atoms with Gasteiger partial charge in [-0.15, -0.1) is 0 Å². The number of rotatable bonds is 1. The largest absolute Gasteiger partial charge is 0.489 e. The van der Waals surface area contributed by atoms with Crippen LogP contribution in [0, 0.1) is 0 Å². The van der Waals surface area contributed by atoms with Gasteiger partial charge in [-0.25, -0.2) is 4.79 Å². The lowest BCUT2D eigenvalue weighted by molar-refractivity contribution is 0.0734. The maximum atomic E-state index is 11.7. The number of para-hydroxylation sites is 2. The third kappa shape index (κ3) is 1.18. The number of anilines is 1. The molecule has 1 fully saturated rings. The van der Waals surface area contributed by atoms with E-state index in [0.29, 0.717) is 18.0 Å². The average molecular weight is 221 g/mol. The van der Waals surface area contributed by atoms with Crippen molar-refractivity contribution in [3.63, 3.8) is 0 Å². The molecule has 0 radical (unpaired) electrons. The number of hydrogen-bond acceptors (Lipinski definition) is 4. The van der Waals surface area contributed by atoms with E-state index in [2.05, 4.69) is 0 Å². The van der Waals surface area contributed by atoms with E-state index in [1.807, 2.05) is 24.3 Å². The Hall–Kier alpha value is -1.75. The minimum Gasteiger partial charge on any atom is -0.489 e. The summed E-state index contributed by atoms with van der Waals surface area (Å²) >= 11 is 0. The zero-order valence-corrected chi connectivity index (χ0v) is 8.50. The third-order valence-electron chi connectivity index (χ3n) is 2.92. The van der Waals surface area contributed by atoms with Gasteiger partial charge in [0.15, 0.2) is 6.10 Å². The van der Waals surface area contributed by atoms with Gasteiger partial charge in [0.2, 0.25) is 0 Å². The average Bonchev–Trinajstić information content (AvgIpc) is 2.66. The maximum Gasteiger partial charge on any atom is 0.415 e. The topological polar surface area (TPSA) is 59.0 Å². The summed E-state index contributed by atoms with van der Waals surface area (Å²) in [7, 11) is 0. The lowest BCUT2D eigenvalue weighted by Gasteiger charge is -2.30. The van der Waals surface area contributed by atoms with Crippen molar-refractivity contribution in [1.82, 2.24) is 0 Å². The highest BCUT2D eigenvalue weighted by Gasteiger charge is 2.45. The lowest BCUT2D eigenvalue weighted by atomic mass is 10.1. The summed E-state index contributed by atoms with van der Waals surface area (Å²) < 4.78 is 10.6. The number of amides is 1. The van der Waals surface area contributed by atoms with Crippen molar-refractivity contribution in [2.24, 2.45) is 0 Å². The van der Waals surface area contributed by atoms with Gasteiger partial charge in [-0.2, -0.15) is 0 Å². The number of aliphatic hydroxyl groups is 1. The Morgan fingerprint density at radius 1 is 1.44 bits per heavy atom. The molecule has 1 aromatic rings. The number of carbonyl (C=O) groups excluding carboxylic acids is 1. The summed E-state index contributed by atoms with van der Waals surface area (Å²) in [6.07, 6.45) is -0.916. The van der Waals surface area contributed by atoms with Crippen molar-refractivity contribution in [3.8, 4) is 5.75 Å². The first kappa shape index (κ1) is 9.47. The van der Waals surface area contributed by atoms with E-state index >= 15 is 0 Å². The summed E-state index contributed by atoms with van der Waals surface area (Å²) in [5.41, 5.74) is 0.708. The van der Waals surface area contributed by atoms with Crippen LogP contribution >= 0.6 is 0 Å². The molecule has 2 atom stereocenters. The van der Waals surface area contributed by atoms with Crippen LogP contribution in [0.15, 0.2) is 24.3 Å². The van der Waals surface area contributed by atoms with Crippen molar-refractivity contribution >= 4 is 11.8 Å². The second-order valence-electron chi connectivity index (χ2n) is 3.82. The molecular weight excluding hydrogens is 210 g/mol. The first-order valence-corrected chi connectivity index (χ1v) is 5.14. The molecule has 84 valence electrons. The lowest BCUT2D eigenvalue weighted by Crippen LogP contribution is -2.45. The zero-order chi connectivity index (χ0) is 11.1. The molecule has 0 aliphatic carbocycles. The van der Waals surface area contributed by atoms with Crippen LogP contribution < -0.4 is 9.64 Å². The van der Waals surface area contributed by atoms with Gasteiger partial charge in [0.25, 0.3) is 0 Å². The minimum atomic E-state index is -0.499. The van der Waals surface area contributed by atoms with Gasteiger partial charge >= 0.3 is 6.09 Å². The summed E-state index contributed by atoms with van der Waals surface area (Å²) in [4.78, 5) is 13.2. The summed E-state index contributed by atoms with van der Waals surface area (Å²) in [5.74, 6) is 0.675. The van der Waals surface area contributed by atoms with Crippen LogP contribution in [0.4, 0.5) is 10.5 Å². The molecule has 1 aromatic carbocycles. The predicted molar refractivity (Wildman–Crippen MR) is 55.6 cm³/mol. The standard InChI is InChI=1S/C11H11NO4/c13-5-10-8-6-15-9-4-2-1-3-7(9)12(8)11(14)16-10/h1-4,8,10,13H,5-6H2/t8-,10-/m0/s1. The van der Waals surface area contributed by atoms with Crippen molar-refractivity contribution < 1.29 is 19.4 Å². The molecule has 2 aliphatic heterocycles. The SMILES string of the molecule is O=C1O[C@@H](CO)[C@@H]2COc3ccccc3N12. The fourth-order valence-corrected chi connectivity index (χ4v) is 2.14. The molecule has 2 aliphatic rings. The number of hydrogen-bond donors (Lipinski definition) is 1. The zero-order valence-electron chi connectivity index (χ0n) is 8.50. The van der Waals surface area contributed by atoms with Gasteiger partial charge < -0.3 is 14.6 Å². The molecule has 0 saturated carbocycles. The van der Waals surface area contributed by atoms with E-state index < -0.39 is 12.2 Å². The third-order valence-corrected chi connectivity index (χ3v) is 2.92. The number of carbonyl (C=O) groups is 1. The van der Waals surface area contributed by atoms with Gasteiger partial charge in [0, 0.05) is 0 Å². The number of fused-ring (bicyclic) bond motifs is 3. The van der Waals surface area contributed by atoms with E-state index in [1.165, 1.54) is 0 Å². The van der Waals surface area contributed by atoms with Crippen molar-refractivity contribution in [2.45, 2.75) is 12.1 Å². The number of cyclic esters (lactones) is 1. The molecule has 0 aromatic heterocycles. The number of ether oxygens (including phenoxy) is 2. The number of nitrogens with zero attached hydrogens (tertiary/aromatic N) is 1. The Morgan fingerprint density at radius 3 is 3.06 bits per heavy atom. The van der Waals surface area contributed by atoms with E-state index in [-0.39, 0.29) is 12.6 Å². The molecule has 16 heavy (non-hydrogen) atoms. The van der Waals surface area contributed by atoms with Gasteiger partial charge in [0.1, 0.15) is 18.4 Å². The summed E-state index contributed by atoms with van der Waals surface area (Å²) in [5, 5.41) is 9.11. The van der Waals surface area contributed by atoms with Crippen molar-refractivity contribution in [1.29, 1.82) is 0 Å². The molecule has 1 amide bonds. The molecule has 3 rings (SSSR count). The van der Waals surface area contributed by atoms with Crippen LogP contribution in [0.2, 0.25) is 0 Å². The summed E-state index contributed by atoms with van der Waals surface area (Å²) in [6, 6.07) is 7.08. The van der Waals surface area contributed by atoms with E-state index in [9.17, 15) is 4.79 Å². The van der Waals surface area contributed by atoms with Crippen LogP contribution in [0.5, 0.6) is 5.75 Å². The highest BCUT2D eigenvalue weighted by atomic mass is 16.6. The van der Waals surface area contributed by atoms with Crippen LogP contribution in [0.3, 0.4) is 0 Å². The monoisotopic (exact) mass is 221 g/mol. The Balaban J connectivity index is 2.04. The molecule has 0 unspecified atom stereocenters. The molecule has 0 bridgehead atoms. The first-order chi connectivity index (χ1) is 7.81. The quantitative estimate of drug-likeness (QED) is 0.760. The Bertz CT molecular complexity index is 434. The Kier molecular flexibility index (Phi) is 2.00. The molecular formula is C11H11NO4. The van der Waals surface area contributed by atoms with Gasteiger partial charge in [-0.05, 0) is 12.1 Å². The molecule has 2 heterocycles. The second-order valence-corrected chi connectivity index (χ2v) is 3.82. The predicted octanol–water partition coefficient (Wildman–Crippen LogP) is 0.765. The van der Waals surface area contributed by atoms with Crippen LogP contribution in [-0.2, 0) is 4.74 Å². The Morgan fingerprint density at radius 2 is 2.25 bits per heavy atom. The summed E-state index contributed by atoms with van der Waals surface area (Å²) in [6.45, 7) is 0.173. The molecule has 1 N–H and O–H groups in total. The van der Waals surface area contributed by atoms with E-state index in [4.69, 9.17) is 14.6 Å². The molecule has 0 spiro atoms. The fraction of sp³-hybridized carbons (Fsp3) is 0.364. The molecule has 5 nitrogen and oxygen atoms in total. The van der Waals surface area contributed by atoms with Crippen LogP contribution in [0.1, 0.15) is 0 Å². The van der Waals surface area contributed by atoms with Crippen molar-refractivity contribution in [2.75, 3.05) is 18.1 Å². The fourth-order valence-electron chi connectivity index (χ4n) is 2.14. The van der Waals surface area contributed by atoms with Crippen LogP contribution in [0.25, 0.3) is 0 Å². The normalized spacial score (nSPS) is 26.8. The number of benzene rings is 1. The number of aliphatic hydroxyl groups excluding tert-OH is 1. The maximum absolute atomic E-state index is 11.7. The van der Waals surface area contributed by atoms with Crippen molar-refractivity contribution in [3.05, 3.63) is 24.3 Å². The van der Waals surface area contributed by atoms with Gasteiger partial charge in [-0.1, -0.05) is 12.1 Å². The minimum absolute atomic E-state index is 0.182. The van der Waals surface area contributed by atoms with E-state index in [0.717, 1.165) is 0 Å². The van der Waals surface area contributed by atoms with Crippen LogP contribution in [-0.4, -0.2) is 36.6 Å². The Labute approximate surface area is 92.2 Å². The first-order valence-electron chi connectivity index (χ1n) is 5.14. The highest BCUT2D eigenvalue weighted by Crippen LogP contribution is 2.38. The van der Waals surface area contributed by atoms with Gasteiger partial charge in [-0.3, -0.25) is 4.90 Å². The molecule has 5 heteroatoms. The smallest absolute Gasteiger partial charge is 0.415 e. The molecule has 1 saturated heterocycles. The second kappa shape index (κ2) is 3.38. The van der Waals surface area contributed by atoms with E-state index in [1.54, 1.807) is 4.90 Å². The van der Waals surface area contributed by atoms with Gasteiger partial charge in [0.05, 0.1) is 12.3 Å². The highest BCUT2D eigenvalue weighted by molar-refractivity contribution is 5.93.